The molecule has 2 aliphatic heterocycles. The minimum Gasteiger partial charge on any atom is -0.381 e. The second kappa shape index (κ2) is 2.21. The highest BCUT2D eigenvalue weighted by atomic mass is 16.5. The summed E-state index contributed by atoms with van der Waals surface area (Å²) in [4.78, 5) is 0. The molecule has 0 aromatic heterocycles. The number of hydrogen-bond donors (Lipinski definition) is 1. The number of ether oxygens (including phenoxy) is 1. The molecule has 2 saturated heterocycles. The molecule has 58 valence electrons. The van der Waals surface area contributed by atoms with Crippen molar-refractivity contribution >= 4 is 0 Å². The summed E-state index contributed by atoms with van der Waals surface area (Å²) in [6.07, 6.45) is 0. The Kier molecular flexibility index (Phi) is 1.46. The molecule has 2 atom stereocenters. The van der Waals surface area contributed by atoms with Crippen LogP contribution in [0.1, 0.15) is 13.8 Å². The zero-order chi connectivity index (χ0) is 7.14. The van der Waals surface area contributed by atoms with E-state index in [0.29, 0.717) is 0 Å². The van der Waals surface area contributed by atoms with Gasteiger partial charge in [-0.1, -0.05) is 13.8 Å². The highest BCUT2D eigenvalue weighted by Gasteiger charge is 2.46. The van der Waals surface area contributed by atoms with Crippen molar-refractivity contribution in [2.24, 2.45) is 11.8 Å². The molecular formula is C8H15NO. The molecule has 2 rings (SSSR count). The van der Waals surface area contributed by atoms with Gasteiger partial charge in [-0.2, -0.15) is 0 Å². The summed E-state index contributed by atoms with van der Waals surface area (Å²) in [6, 6.07) is 1.57. The summed E-state index contributed by atoms with van der Waals surface area (Å²) in [6.45, 7) is 6.52. The molecule has 0 saturated carbocycles. The molecule has 0 spiro atoms. The van der Waals surface area contributed by atoms with Crippen molar-refractivity contribution in [1.82, 2.24) is 5.32 Å². The molecule has 1 N–H and O–H groups in total. The van der Waals surface area contributed by atoms with E-state index in [0.717, 1.165) is 37.1 Å². The van der Waals surface area contributed by atoms with E-state index in [2.05, 4.69) is 19.2 Å². The van der Waals surface area contributed by atoms with Gasteiger partial charge in [-0.05, 0) is 5.92 Å². The fourth-order valence-corrected chi connectivity index (χ4v) is 1.66. The Morgan fingerprint density at radius 1 is 1.40 bits per heavy atom. The number of hydrogen-bond acceptors (Lipinski definition) is 2. The smallest absolute Gasteiger partial charge is 0.0532 e. The van der Waals surface area contributed by atoms with E-state index in [1.807, 2.05) is 0 Å². The number of rotatable bonds is 2. The summed E-state index contributed by atoms with van der Waals surface area (Å²) in [5, 5.41) is 3.49. The highest BCUT2D eigenvalue weighted by Crippen LogP contribution is 2.30. The Bertz CT molecular complexity index is 131. The summed E-state index contributed by atoms with van der Waals surface area (Å²) in [7, 11) is 0. The molecule has 2 aliphatic rings. The van der Waals surface area contributed by atoms with Gasteiger partial charge >= 0.3 is 0 Å². The van der Waals surface area contributed by atoms with Crippen molar-refractivity contribution in [2.75, 3.05) is 13.2 Å². The van der Waals surface area contributed by atoms with Crippen molar-refractivity contribution in [2.45, 2.75) is 25.9 Å². The SMILES string of the molecule is CC(C)[C@H]1N[C@H]1C1COC1. The minimum atomic E-state index is 0.786. The first-order chi connectivity index (χ1) is 4.79. The van der Waals surface area contributed by atoms with Crippen molar-refractivity contribution in [3.05, 3.63) is 0 Å². The average molecular weight is 141 g/mol. The van der Waals surface area contributed by atoms with Crippen LogP contribution in [-0.4, -0.2) is 25.3 Å². The lowest BCUT2D eigenvalue weighted by Crippen LogP contribution is -2.34. The third-order valence-corrected chi connectivity index (χ3v) is 2.55. The van der Waals surface area contributed by atoms with E-state index >= 15 is 0 Å². The van der Waals surface area contributed by atoms with Crippen molar-refractivity contribution in [3.8, 4) is 0 Å². The van der Waals surface area contributed by atoms with Gasteiger partial charge in [0.05, 0.1) is 13.2 Å². The van der Waals surface area contributed by atoms with Crippen LogP contribution in [0.5, 0.6) is 0 Å². The maximum absolute atomic E-state index is 5.12. The van der Waals surface area contributed by atoms with Gasteiger partial charge in [0.25, 0.3) is 0 Å². The molecule has 0 aliphatic carbocycles. The molecular weight excluding hydrogens is 126 g/mol. The Labute approximate surface area is 61.9 Å². The van der Waals surface area contributed by atoms with Crippen LogP contribution in [0.4, 0.5) is 0 Å². The second-order valence-corrected chi connectivity index (χ2v) is 3.76. The molecule has 0 amide bonds. The van der Waals surface area contributed by atoms with Crippen molar-refractivity contribution < 1.29 is 4.74 Å². The normalized spacial score (nSPS) is 39.9. The summed E-state index contributed by atoms with van der Waals surface area (Å²) in [5.41, 5.74) is 0. The Morgan fingerprint density at radius 2 is 2.10 bits per heavy atom. The van der Waals surface area contributed by atoms with Crippen LogP contribution in [0.3, 0.4) is 0 Å². The van der Waals surface area contributed by atoms with Crippen LogP contribution in [0, 0.1) is 11.8 Å². The van der Waals surface area contributed by atoms with Crippen LogP contribution >= 0.6 is 0 Å². The monoisotopic (exact) mass is 141 g/mol. The van der Waals surface area contributed by atoms with Crippen LogP contribution in [0.15, 0.2) is 0 Å². The van der Waals surface area contributed by atoms with Gasteiger partial charge in [0.15, 0.2) is 0 Å². The van der Waals surface area contributed by atoms with E-state index in [9.17, 15) is 0 Å². The first-order valence-electron chi connectivity index (χ1n) is 4.13. The first kappa shape index (κ1) is 6.62. The minimum absolute atomic E-state index is 0.786. The van der Waals surface area contributed by atoms with Gasteiger partial charge < -0.3 is 10.1 Å². The average Bonchev–Trinajstić information content (AvgIpc) is 2.40. The van der Waals surface area contributed by atoms with Crippen molar-refractivity contribution in [3.63, 3.8) is 0 Å². The van der Waals surface area contributed by atoms with Gasteiger partial charge in [0.1, 0.15) is 0 Å². The molecule has 10 heavy (non-hydrogen) atoms. The van der Waals surface area contributed by atoms with E-state index in [-0.39, 0.29) is 0 Å². The predicted octanol–water partition coefficient (Wildman–Crippen LogP) is 0.629. The standard InChI is InChI=1S/C8H15NO/c1-5(2)7-8(9-7)6-3-10-4-6/h5-9H,3-4H2,1-2H3/t7-,8+/m1/s1. The fraction of sp³-hybridized carbons (Fsp3) is 1.00. The van der Waals surface area contributed by atoms with Crippen LogP contribution in [0.2, 0.25) is 0 Å². The van der Waals surface area contributed by atoms with E-state index in [4.69, 9.17) is 4.74 Å². The largest absolute Gasteiger partial charge is 0.381 e. The van der Waals surface area contributed by atoms with Gasteiger partial charge in [-0.3, -0.25) is 0 Å². The molecule has 2 heteroatoms. The topological polar surface area (TPSA) is 31.2 Å². The lowest BCUT2D eigenvalue weighted by atomic mass is 9.97. The summed E-state index contributed by atoms with van der Waals surface area (Å²) < 4.78 is 5.12. The molecule has 0 radical (unpaired) electrons. The van der Waals surface area contributed by atoms with Gasteiger partial charge in [-0.25, -0.2) is 0 Å². The Hall–Kier alpha value is -0.0800. The first-order valence-corrected chi connectivity index (χ1v) is 4.13. The zero-order valence-electron chi connectivity index (χ0n) is 6.63. The molecule has 0 aromatic rings. The molecule has 2 fully saturated rings. The number of nitrogens with one attached hydrogen (secondary N) is 1. The third-order valence-electron chi connectivity index (χ3n) is 2.55. The second-order valence-electron chi connectivity index (χ2n) is 3.76. The van der Waals surface area contributed by atoms with Crippen molar-refractivity contribution in [1.29, 1.82) is 0 Å². The van der Waals surface area contributed by atoms with E-state index in [1.54, 1.807) is 0 Å². The molecule has 0 unspecified atom stereocenters. The molecule has 2 nitrogen and oxygen atoms in total. The van der Waals surface area contributed by atoms with Crippen LogP contribution in [0.25, 0.3) is 0 Å². The van der Waals surface area contributed by atoms with E-state index in [1.165, 1.54) is 0 Å². The predicted molar refractivity (Wildman–Crippen MR) is 39.9 cm³/mol. The fourth-order valence-electron chi connectivity index (χ4n) is 1.66. The maximum Gasteiger partial charge on any atom is 0.0532 e. The Morgan fingerprint density at radius 3 is 2.40 bits per heavy atom. The third kappa shape index (κ3) is 0.956. The molecule has 0 bridgehead atoms. The maximum atomic E-state index is 5.12. The lowest BCUT2D eigenvalue weighted by Gasteiger charge is -2.25. The van der Waals surface area contributed by atoms with E-state index < -0.39 is 0 Å². The zero-order valence-corrected chi connectivity index (χ0v) is 6.63. The summed E-state index contributed by atoms with van der Waals surface area (Å²) >= 11 is 0. The highest BCUT2D eigenvalue weighted by molar-refractivity contribution is 5.05. The molecule has 2 heterocycles. The molecule has 0 aromatic carbocycles. The van der Waals surface area contributed by atoms with Gasteiger partial charge in [0, 0.05) is 18.0 Å². The van der Waals surface area contributed by atoms with Crippen LogP contribution < -0.4 is 5.32 Å². The summed E-state index contributed by atoms with van der Waals surface area (Å²) in [5.74, 6) is 1.62. The Balaban J connectivity index is 1.78. The lowest BCUT2D eigenvalue weighted by molar-refractivity contribution is -0.0333. The van der Waals surface area contributed by atoms with Crippen LogP contribution in [-0.2, 0) is 4.74 Å². The van der Waals surface area contributed by atoms with Gasteiger partial charge in [0.2, 0.25) is 0 Å². The quantitative estimate of drug-likeness (QED) is 0.572. The van der Waals surface area contributed by atoms with Gasteiger partial charge in [-0.15, -0.1) is 0 Å².